The molecule has 1 atom stereocenters. The van der Waals surface area contributed by atoms with E-state index in [9.17, 15) is 22.8 Å². The fraction of sp³-hybridized carbons (Fsp3) is 0.562. The molecule has 0 unspecified atom stereocenters. The number of ether oxygens (including phenoxy) is 2. The molecule has 1 aliphatic heterocycles. The van der Waals surface area contributed by atoms with Gasteiger partial charge in [0.25, 0.3) is 5.91 Å². The summed E-state index contributed by atoms with van der Waals surface area (Å²) in [6.45, 7) is 4.53. The molecule has 9 nitrogen and oxygen atoms in total. The van der Waals surface area contributed by atoms with Gasteiger partial charge in [0.1, 0.15) is 5.69 Å². The van der Waals surface area contributed by atoms with Gasteiger partial charge in [-0.15, -0.1) is 0 Å². The summed E-state index contributed by atoms with van der Waals surface area (Å²) >= 11 is 0. The summed E-state index contributed by atoms with van der Waals surface area (Å²) in [5.41, 5.74) is 1.15. The van der Waals surface area contributed by atoms with Gasteiger partial charge in [-0.2, -0.15) is 0 Å². The standard InChI is InChI=1S/C16H22N2O7S/c1-4-24-16(21)14-9(2)13(10(3)17-14)15(20)25-7-12(19)18-11-5-6-26(22,23)8-11/h11,17H,4-8H2,1-3H3,(H,18,19)/t11-/m0/s1. The molecule has 0 spiro atoms. The number of aryl methyl sites for hydroxylation is 1. The molecule has 10 heteroatoms. The quantitative estimate of drug-likeness (QED) is 0.671. The van der Waals surface area contributed by atoms with Crippen LogP contribution in [0.4, 0.5) is 0 Å². The molecule has 144 valence electrons. The van der Waals surface area contributed by atoms with Gasteiger partial charge in [0.05, 0.1) is 23.7 Å². The number of aromatic amines is 1. The zero-order valence-corrected chi connectivity index (χ0v) is 15.7. The van der Waals surface area contributed by atoms with Gasteiger partial charge in [-0.3, -0.25) is 4.79 Å². The number of esters is 2. The molecule has 1 aromatic rings. The molecule has 0 bridgehead atoms. The van der Waals surface area contributed by atoms with Gasteiger partial charge in [-0.05, 0) is 32.8 Å². The molecule has 26 heavy (non-hydrogen) atoms. The minimum atomic E-state index is -3.11. The number of carbonyl (C=O) groups is 3. The summed E-state index contributed by atoms with van der Waals surface area (Å²) in [5, 5.41) is 2.53. The molecule has 1 amide bonds. The lowest BCUT2D eigenvalue weighted by molar-refractivity contribution is -0.124. The Labute approximate surface area is 151 Å². The third kappa shape index (κ3) is 4.63. The van der Waals surface area contributed by atoms with Crippen LogP contribution in [0.5, 0.6) is 0 Å². The Morgan fingerprint density at radius 1 is 1.19 bits per heavy atom. The summed E-state index contributed by atoms with van der Waals surface area (Å²) in [7, 11) is -3.11. The minimum Gasteiger partial charge on any atom is -0.461 e. The van der Waals surface area contributed by atoms with E-state index in [1.165, 1.54) is 0 Å². The molecule has 1 aromatic heterocycles. The first-order valence-corrected chi connectivity index (χ1v) is 10.00. The Morgan fingerprint density at radius 3 is 2.46 bits per heavy atom. The number of nitrogens with one attached hydrogen (secondary N) is 2. The number of hydrogen-bond acceptors (Lipinski definition) is 7. The topological polar surface area (TPSA) is 132 Å². The van der Waals surface area contributed by atoms with Crippen LogP contribution in [-0.4, -0.2) is 62.0 Å². The summed E-state index contributed by atoms with van der Waals surface area (Å²) in [4.78, 5) is 38.7. The van der Waals surface area contributed by atoms with Crippen molar-refractivity contribution in [2.24, 2.45) is 0 Å². The number of aromatic nitrogens is 1. The van der Waals surface area contributed by atoms with Crippen molar-refractivity contribution in [1.29, 1.82) is 0 Å². The Balaban J connectivity index is 1.96. The van der Waals surface area contributed by atoms with Crippen LogP contribution in [0.1, 0.15) is 45.4 Å². The fourth-order valence-electron chi connectivity index (χ4n) is 2.85. The van der Waals surface area contributed by atoms with Crippen LogP contribution < -0.4 is 5.32 Å². The van der Waals surface area contributed by atoms with Crippen LogP contribution in [0.15, 0.2) is 0 Å². The van der Waals surface area contributed by atoms with Crippen LogP contribution in [0, 0.1) is 13.8 Å². The van der Waals surface area contributed by atoms with E-state index < -0.39 is 40.3 Å². The van der Waals surface area contributed by atoms with Crippen molar-refractivity contribution in [2.75, 3.05) is 24.7 Å². The second-order valence-corrected chi connectivity index (χ2v) is 8.32. The Hall–Kier alpha value is -2.36. The monoisotopic (exact) mass is 386 g/mol. The van der Waals surface area contributed by atoms with E-state index in [1.807, 2.05) is 0 Å². The lowest BCUT2D eigenvalue weighted by Gasteiger charge is -2.11. The Bertz CT molecular complexity index is 826. The first kappa shape index (κ1) is 20.0. The fourth-order valence-corrected chi connectivity index (χ4v) is 4.52. The maximum Gasteiger partial charge on any atom is 0.355 e. The number of amides is 1. The lowest BCUT2D eigenvalue weighted by atomic mass is 10.1. The van der Waals surface area contributed by atoms with Gasteiger partial charge >= 0.3 is 11.9 Å². The van der Waals surface area contributed by atoms with Crippen LogP contribution in [0.3, 0.4) is 0 Å². The molecule has 0 saturated carbocycles. The van der Waals surface area contributed by atoms with Gasteiger partial charge in [0.15, 0.2) is 16.4 Å². The summed E-state index contributed by atoms with van der Waals surface area (Å²) in [5.74, 6) is -1.97. The molecule has 1 fully saturated rings. The Morgan fingerprint density at radius 2 is 1.88 bits per heavy atom. The maximum atomic E-state index is 12.3. The largest absolute Gasteiger partial charge is 0.461 e. The van der Waals surface area contributed by atoms with Crippen LogP contribution in [-0.2, 0) is 24.1 Å². The van der Waals surface area contributed by atoms with E-state index in [4.69, 9.17) is 9.47 Å². The van der Waals surface area contributed by atoms with Crippen molar-refractivity contribution < 1.29 is 32.3 Å². The highest BCUT2D eigenvalue weighted by Crippen LogP contribution is 2.20. The average Bonchev–Trinajstić information content (AvgIpc) is 3.04. The van der Waals surface area contributed by atoms with Crippen LogP contribution in [0.25, 0.3) is 0 Å². The van der Waals surface area contributed by atoms with E-state index in [1.54, 1.807) is 20.8 Å². The highest BCUT2D eigenvalue weighted by atomic mass is 32.2. The smallest absolute Gasteiger partial charge is 0.355 e. The maximum absolute atomic E-state index is 12.3. The molecule has 0 radical (unpaired) electrons. The van der Waals surface area contributed by atoms with Gasteiger partial charge < -0.3 is 19.8 Å². The first-order valence-electron chi connectivity index (χ1n) is 8.17. The SMILES string of the molecule is CCOC(=O)c1[nH]c(C)c(C(=O)OCC(=O)N[C@H]2CCS(=O)(=O)C2)c1C. The first-order chi connectivity index (χ1) is 12.1. The number of sulfone groups is 1. The van der Waals surface area contributed by atoms with E-state index in [0.29, 0.717) is 17.7 Å². The predicted molar refractivity (Wildman–Crippen MR) is 91.7 cm³/mol. The molecular weight excluding hydrogens is 364 g/mol. The zero-order valence-electron chi connectivity index (χ0n) is 14.9. The number of H-pyrrole nitrogens is 1. The van der Waals surface area contributed by atoms with Crippen LogP contribution in [0.2, 0.25) is 0 Å². The third-order valence-corrected chi connectivity index (χ3v) is 5.82. The number of rotatable bonds is 6. The summed E-state index contributed by atoms with van der Waals surface area (Å²) in [6, 6.07) is -0.461. The number of carbonyl (C=O) groups excluding carboxylic acids is 3. The minimum absolute atomic E-state index is 0.0378. The number of hydrogen-bond donors (Lipinski definition) is 2. The molecule has 2 heterocycles. The normalized spacial score (nSPS) is 18.3. The van der Waals surface area contributed by atoms with E-state index in [-0.39, 0.29) is 29.4 Å². The van der Waals surface area contributed by atoms with Crippen molar-refractivity contribution >= 4 is 27.7 Å². The molecule has 0 aromatic carbocycles. The van der Waals surface area contributed by atoms with Crippen LogP contribution >= 0.6 is 0 Å². The van der Waals surface area contributed by atoms with Crippen molar-refractivity contribution in [3.8, 4) is 0 Å². The summed E-state index contributed by atoms with van der Waals surface area (Å²) < 4.78 is 32.7. The van der Waals surface area contributed by atoms with Crippen molar-refractivity contribution in [2.45, 2.75) is 33.2 Å². The van der Waals surface area contributed by atoms with E-state index in [2.05, 4.69) is 10.3 Å². The Kier molecular flexibility index (Phi) is 6.06. The van der Waals surface area contributed by atoms with Crippen molar-refractivity contribution in [3.05, 3.63) is 22.5 Å². The molecule has 1 aliphatic rings. The van der Waals surface area contributed by atoms with Gasteiger partial charge in [-0.1, -0.05) is 0 Å². The van der Waals surface area contributed by atoms with Crippen molar-refractivity contribution in [1.82, 2.24) is 10.3 Å². The second-order valence-electron chi connectivity index (χ2n) is 6.09. The van der Waals surface area contributed by atoms with Gasteiger partial charge in [0, 0.05) is 11.7 Å². The highest BCUT2D eigenvalue weighted by molar-refractivity contribution is 7.91. The zero-order chi connectivity index (χ0) is 19.5. The predicted octanol–water partition coefficient (Wildman–Crippen LogP) is 0.268. The molecule has 2 N–H and O–H groups in total. The third-order valence-electron chi connectivity index (χ3n) is 4.05. The highest BCUT2D eigenvalue weighted by Gasteiger charge is 2.29. The van der Waals surface area contributed by atoms with Crippen molar-refractivity contribution in [3.63, 3.8) is 0 Å². The molecule has 1 saturated heterocycles. The van der Waals surface area contributed by atoms with E-state index in [0.717, 1.165) is 0 Å². The summed E-state index contributed by atoms with van der Waals surface area (Å²) in [6.07, 6.45) is 0.348. The lowest BCUT2D eigenvalue weighted by Crippen LogP contribution is -2.38. The molecule has 2 rings (SSSR count). The molecular formula is C16H22N2O7S. The second kappa shape index (κ2) is 7.90. The van der Waals surface area contributed by atoms with E-state index >= 15 is 0 Å². The average molecular weight is 386 g/mol. The van der Waals surface area contributed by atoms with Gasteiger partial charge in [0.2, 0.25) is 0 Å². The molecule has 0 aliphatic carbocycles. The van der Waals surface area contributed by atoms with Gasteiger partial charge in [-0.25, -0.2) is 18.0 Å².